The monoisotopic (exact) mass is 384 g/mol. The van der Waals surface area contributed by atoms with Gasteiger partial charge in [-0.05, 0) is 36.4 Å². The van der Waals surface area contributed by atoms with Gasteiger partial charge in [0.1, 0.15) is 0 Å². The van der Waals surface area contributed by atoms with Crippen molar-refractivity contribution in [2.75, 3.05) is 0 Å². The molecule has 0 unspecified atom stereocenters. The predicted molar refractivity (Wildman–Crippen MR) is 98.5 cm³/mol. The average Bonchev–Trinajstić information content (AvgIpc) is 3.28. The molecule has 0 aliphatic carbocycles. The van der Waals surface area contributed by atoms with Crippen molar-refractivity contribution in [3.05, 3.63) is 59.7 Å². The maximum absolute atomic E-state index is 5.90. The van der Waals surface area contributed by atoms with Crippen LogP contribution in [0.2, 0.25) is 5.02 Å². The summed E-state index contributed by atoms with van der Waals surface area (Å²) in [5.74, 6) is 2.34. The lowest BCUT2D eigenvalue weighted by Gasteiger charge is -2.02. The number of halogens is 1. The van der Waals surface area contributed by atoms with Crippen molar-refractivity contribution in [3.8, 4) is 22.8 Å². The minimum Gasteiger partial charge on any atom is -0.338 e. The molecule has 0 saturated carbocycles. The summed E-state index contributed by atoms with van der Waals surface area (Å²) in [4.78, 5) is 8.43. The van der Waals surface area contributed by atoms with E-state index in [2.05, 4.69) is 25.3 Å². The third-order valence-electron chi connectivity index (χ3n) is 3.67. The maximum Gasteiger partial charge on any atom is 0.237 e. The Balaban J connectivity index is 1.47. The minimum absolute atomic E-state index is 0.503. The maximum atomic E-state index is 5.90. The number of hydrogen-bond acceptors (Lipinski definition) is 7. The molecule has 0 bridgehead atoms. The van der Waals surface area contributed by atoms with Gasteiger partial charge in [-0.2, -0.15) is 4.98 Å². The molecule has 4 rings (SSSR count). The number of rotatable bonds is 5. The van der Waals surface area contributed by atoms with Crippen LogP contribution in [0.5, 0.6) is 0 Å². The highest BCUT2D eigenvalue weighted by Gasteiger charge is 2.14. The van der Waals surface area contributed by atoms with E-state index in [4.69, 9.17) is 16.1 Å². The SMILES string of the molecule is Cn1c(SCc2nc(-c3ccc(Cl)cc3)no2)nnc1-c1ccncc1. The molecule has 0 aliphatic heterocycles. The van der Waals surface area contributed by atoms with E-state index >= 15 is 0 Å². The molecule has 4 aromatic rings. The topological polar surface area (TPSA) is 82.5 Å². The van der Waals surface area contributed by atoms with Gasteiger partial charge in [0.2, 0.25) is 11.7 Å². The van der Waals surface area contributed by atoms with E-state index in [0.717, 1.165) is 22.1 Å². The highest BCUT2D eigenvalue weighted by Crippen LogP contribution is 2.25. The zero-order valence-corrected chi connectivity index (χ0v) is 15.3. The summed E-state index contributed by atoms with van der Waals surface area (Å²) < 4.78 is 7.25. The number of nitrogens with zero attached hydrogens (tertiary/aromatic N) is 6. The van der Waals surface area contributed by atoms with Crippen LogP contribution >= 0.6 is 23.4 Å². The zero-order valence-electron chi connectivity index (χ0n) is 13.7. The van der Waals surface area contributed by atoms with E-state index in [1.165, 1.54) is 11.8 Å². The van der Waals surface area contributed by atoms with Crippen molar-refractivity contribution in [2.45, 2.75) is 10.9 Å². The van der Waals surface area contributed by atoms with Crippen molar-refractivity contribution in [2.24, 2.45) is 7.05 Å². The van der Waals surface area contributed by atoms with Crippen molar-refractivity contribution in [3.63, 3.8) is 0 Å². The van der Waals surface area contributed by atoms with Crippen LogP contribution in [0.1, 0.15) is 5.89 Å². The van der Waals surface area contributed by atoms with Gasteiger partial charge in [0, 0.05) is 35.6 Å². The molecule has 9 heteroatoms. The Bertz CT molecular complexity index is 1020. The fourth-order valence-corrected chi connectivity index (χ4v) is 3.22. The molecule has 26 heavy (non-hydrogen) atoms. The molecule has 0 N–H and O–H groups in total. The molecule has 0 fully saturated rings. The highest BCUT2D eigenvalue weighted by atomic mass is 35.5. The lowest BCUT2D eigenvalue weighted by atomic mass is 10.2. The van der Waals surface area contributed by atoms with Gasteiger partial charge in [-0.15, -0.1) is 10.2 Å². The van der Waals surface area contributed by atoms with Gasteiger partial charge in [-0.1, -0.05) is 28.5 Å². The number of aromatic nitrogens is 6. The summed E-state index contributed by atoms with van der Waals surface area (Å²) in [6, 6.07) is 11.1. The fraction of sp³-hybridized carbons (Fsp3) is 0.118. The summed E-state index contributed by atoms with van der Waals surface area (Å²) in [7, 11) is 1.92. The molecule has 3 aromatic heterocycles. The minimum atomic E-state index is 0.503. The van der Waals surface area contributed by atoms with Gasteiger partial charge in [0.05, 0.1) is 5.75 Å². The summed E-state index contributed by atoms with van der Waals surface area (Å²) in [5.41, 5.74) is 1.82. The van der Waals surface area contributed by atoms with Crippen molar-refractivity contribution in [1.82, 2.24) is 29.9 Å². The molecule has 0 spiro atoms. The summed E-state index contributed by atoms with van der Waals surface area (Å²) in [5, 5.41) is 13.9. The van der Waals surface area contributed by atoms with Crippen LogP contribution in [0, 0.1) is 0 Å². The fourth-order valence-electron chi connectivity index (χ4n) is 2.35. The zero-order chi connectivity index (χ0) is 17.9. The lowest BCUT2D eigenvalue weighted by molar-refractivity contribution is 0.391. The third kappa shape index (κ3) is 3.47. The smallest absolute Gasteiger partial charge is 0.237 e. The quantitative estimate of drug-likeness (QED) is 0.483. The summed E-state index contributed by atoms with van der Waals surface area (Å²) >= 11 is 7.38. The van der Waals surface area contributed by atoms with E-state index in [1.54, 1.807) is 24.5 Å². The van der Waals surface area contributed by atoms with Crippen LogP contribution in [-0.4, -0.2) is 29.9 Å². The molecule has 0 radical (unpaired) electrons. The Morgan fingerprint density at radius 2 is 1.81 bits per heavy atom. The molecule has 0 atom stereocenters. The first kappa shape index (κ1) is 16.7. The van der Waals surface area contributed by atoms with E-state index < -0.39 is 0 Å². The first-order chi connectivity index (χ1) is 12.7. The largest absolute Gasteiger partial charge is 0.338 e. The molecule has 7 nitrogen and oxygen atoms in total. The molecule has 1 aromatic carbocycles. The van der Waals surface area contributed by atoms with Gasteiger partial charge in [0.15, 0.2) is 11.0 Å². The normalized spacial score (nSPS) is 11.0. The second-order valence-electron chi connectivity index (χ2n) is 5.41. The predicted octanol–water partition coefficient (Wildman–Crippen LogP) is 3.87. The average molecular weight is 385 g/mol. The van der Waals surface area contributed by atoms with E-state index in [9.17, 15) is 0 Å². The molecular weight excluding hydrogens is 372 g/mol. The molecule has 0 aliphatic rings. The van der Waals surface area contributed by atoms with Gasteiger partial charge in [-0.25, -0.2) is 0 Å². The molecule has 0 amide bonds. The lowest BCUT2D eigenvalue weighted by Crippen LogP contribution is -1.95. The first-order valence-corrected chi connectivity index (χ1v) is 9.08. The van der Waals surface area contributed by atoms with Crippen LogP contribution in [0.3, 0.4) is 0 Å². The van der Waals surface area contributed by atoms with Gasteiger partial charge in [-0.3, -0.25) is 4.98 Å². The summed E-state index contributed by atoms with van der Waals surface area (Å²) in [6.07, 6.45) is 3.46. The molecule has 0 saturated heterocycles. The van der Waals surface area contributed by atoms with Crippen LogP contribution < -0.4 is 0 Å². The standard InChI is InChI=1S/C17H13ClN6OS/c1-24-16(12-6-8-19-9-7-12)21-22-17(24)26-10-14-20-15(23-25-14)11-2-4-13(18)5-3-11/h2-9H,10H2,1H3. The Hall–Kier alpha value is -2.71. The second-order valence-corrected chi connectivity index (χ2v) is 6.79. The van der Waals surface area contributed by atoms with Crippen LogP contribution in [0.15, 0.2) is 58.5 Å². The third-order valence-corrected chi connectivity index (χ3v) is 4.93. The van der Waals surface area contributed by atoms with Gasteiger partial charge < -0.3 is 9.09 Å². The van der Waals surface area contributed by atoms with Crippen molar-refractivity contribution < 1.29 is 4.52 Å². The van der Waals surface area contributed by atoms with Crippen LogP contribution in [-0.2, 0) is 12.8 Å². The van der Waals surface area contributed by atoms with Gasteiger partial charge in [0.25, 0.3) is 0 Å². The Kier molecular flexibility index (Phi) is 4.68. The van der Waals surface area contributed by atoms with E-state index in [1.807, 2.05) is 35.9 Å². The number of pyridine rings is 1. The highest BCUT2D eigenvalue weighted by molar-refractivity contribution is 7.98. The molecule has 130 valence electrons. The Morgan fingerprint density at radius 3 is 2.58 bits per heavy atom. The van der Waals surface area contributed by atoms with Gasteiger partial charge >= 0.3 is 0 Å². The van der Waals surface area contributed by atoms with Crippen LogP contribution in [0.4, 0.5) is 0 Å². The number of thioether (sulfide) groups is 1. The van der Waals surface area contributed by atoms with E-state index in [0.29, 0.717) is 22.5 Å². The van der Waals surface area contributed by atoms with Crippen molar-refractivity contribution in [1.29, 1.82) is 0 Å². The van der Waals surface area contributed by atoms with Crippen molar-refractivity contribution >= 4 is 23.4 Å². The Labute approximate surface area is 158 Å². The molecule has 3 heterocycles. The number of benzene rings is 1. The van der Waals surface area contributed by atoms with Crippen LogP contribution in [0.25, 0.3) is 22.8 Å². The number of hydrogen-bond donors (Lipinski definition) is 0. The Morgan fingerprint density at radius 1 is 1.04 bits per heavy atom. The first-order valence-electron chi connectivity index (χ1n) is 7.72. The summed E-state index contributed by atoms with van der Waals surface area (Å²) in [6.45, 7) is 0. The molecular formula is C17H13ClN6OS. The second kappa shape index (κ2) is 7.27. The van der Waals surface area contributed by atoms with E-state index in [-0.39, 0.29) is 0 Å².